The molecule has 0 unspecified atom stereocenters. The third kappa shape index (κ3) is 6.46. The summed E-state index contributed by atoms with van der Waals surface area (Å²) in [7, 11) is 1.99. The molecule has 16 heavy (non-hydrogen) atoms. The maximum atomic E-state index is 3.71. The first-order valence-electron chi connectivity index (χ1n) is 6.02. The Morgan fingerprint density at radius 1 is 1.31 bits per heavy atom. The van der Waals surface area contributed by atoms with E-state index < -0.39 is 0 Å². The Labute approximate surface area is 101 Å². The van der Waals surface area contributed by atoms with E-state index in [9.17, 15) is 0 Å². The molecule has 0 amide bonds. The molecule has 0 aromatic heterocycles. The largest absolute Gasteiger partial charge is 0.374 e. The predicted molar refractivity (Wildman–Crippen MR) is 73.5 cm³/mol. The molecular formula is C14H26N2. The van der Waals surface area contributed by atoms with Crippen LogP contribution in [0.3, 0.4) is 0 Å². The molecule has 2 heteroatoms. The summed E-state index contributed by atoms with van der Waals surface area (Å²) in [6, 6.07) is 0. The van der Waals surface area contributed by atoms with Crippen molar-refractivity contribution in [1.29, 1.82) is 0 Å². The van der Waals surface area contributed by atoms with Crippen molar-refractivity contribution in [1.82, 2.24) is 10.2 Å². The van der Waals surface area contributed by atoms with Gasteiger partial charge in [0.05, 0.1) is 0 Å². The van der Waals surface area contributed by atoms with Crippen LogP contribution in [-0.4, -0.2) is 31.6 Å². The molecule has 0 saturated heterocycles. The Morgan fingerprint density at radius 3 is 2.50 bits per heavy atom. The second-order valence-electron chi connectivity index (χ2n) is 4.02. The molecule has 0 heterocycles. The summed E-state index contributed by atoms with van der Waals surface area (Å²) in [5.41, 5.74) is 2.57. The lowest BCUT2D eigenvalue weighted by atomic mass is 10.2. The van der Waals surface area contributed by atoms with Crippen LogP contribution in [0.1, 0.15) is 27.2 Å². The second-order valence-corrected chi connectivity index (χ2v) is 4.02. The predicted octanol–water partition coefficient (Wildman–Crippen LogP) is 2.95. The van der Waals surface area contributed by atoms with E-state index in [4.69, 9.17) is 0 Å². The van der Waals surface area contributed by atoms with Crippen LogP contribution in [0.15, 0.2) is 36.1 Å². The second kappa shape index (κ2) is 9.22. The van der Waals surface area contributed by atoms with E-state index in [0.29, 0.717) is 0 Å². The summed E-state index contributed by atoms with van der Waals surface area (Å²) in [6.07, 6.45) is 7.26. The maximum Gasteiger partial charge on any atom is 0.0300 e. The summed E-state index contributed by atoms with van der Waals surface area (Å²) < 4.78 is 0. The first-order valence-corrected chi connectivity index (χ1v) is 6.02. The van der Waals surface area contributed by atoms with E-state index in [0.717, 1.165) is 19.6 Å². The van der Waals surface area contributed by atoms with Crippen molar-refractivity contribution in [2.24, 2.45) is 0 Å². The SMILES string of the molecule is C=C/C=C(C)\C=C(/C)N(CCC)CCNC. The molecule has 0 bridgehead atoms. The lowest BCUT2D eigenvalue weighted by Gasteiger charge is -2.25. The zero-order valence-electron chi connectivity index (χ0n) is 11.2. The highest BCUT2D eigenvalue weighted by molar-refractivity contribution is 5.23. The molecule has 0 aliphatic rings. The fourth-order valence-electron chi connectivity index (χ4n) is 1.64. The minimum absolute atomic E-state index is 1.02. The number of allylic oxidation sites excluding steroid dienone is 5. The van der Waals surface area contributed by atoms with Gasteiger partial charge in [0.1, 0.15) is 0 Å². The van der Waals surface area contributed by atoms with Gasteiger partial charge in [-0.2, -0.15) is 0 Å². The van der Waals surface area contributed by atoms with E-state index in [-0.39, 0.29) is 0 Å². The Bertz CT molecular complexity index is 251. The summed E-state index contributed by atoms with van der Waals surface area (Å²) >= 11 is 0. The fraction of sp³-hybridized carbons (Fsp3) is 0.571. The van der Waals surface area contributed by atoms with Gasteiger partial charge in [0.25, 0.3) is 0 Å². The molecular weight excluding hydrogens is 196 g/mol. The number of hydrogen-bond donors (Lipinski definition) is 1. The van der Waals surface area contributed by atoms with Gasteiger partial charge in [0, 0.05) is 25.3 Å². The van der Waals surface area contributed by atoms with Gasteiger partial charge in [-0.3, -0.25) is 0 Å². The molecule has 0 aliphatic carbocycles. The number of likely N-dealkylation sites (N-methyl/N-ethyl adjacent to an activating group) is 1. The van der Waals surface area contributed by atoms with Crippen molar-refractivity contribution in [2.45, 2.75) is 27.2 Å². The molecule has 92 valence electrons. The van der Waals surface area contributed by atoms with Crippen molar-refractivity contribution in [2.75, 3.05) is 26.7 Å². The lowest BCUT2D eigenvalue weighted by molar-refractivity contribution is 0.345. The minimum Gasteiger partial charge on any atom is -0.374 e. The lowest BCUT2D eigenvalue weighted by Crippen LogP contribution is -2.30. The molecule has 0 atom stereocenters. The van der Waals surface area contributed by atoms with Crippen LogP contribution in [0.25, 0.3) is 0 Å². The molecule has 0 spiro atoms. The summed E-state index contributed by atoms with van der Waals surface area (Å²) in [6.45, 7) is 13.4. The van der Waals surface area contributed by atoms with Gasteiger partial charge in [-0.1, -0.05) is 25.7 Å². The standard InChI is InChI=1S/C14H26N2/c1-6-8-13(3)12-14(4)16(10-7-2)11-9-15-5/h6,8,12,15H,1,7,9-11H2,2-5H3/b13-8-,14-12+. The topological polar surface area (TPSA) is 15.3 Å². The fourth-order valence-corrected chi connectivity index (χ4v) is 1.64. The van der Waals surface area contributed by atoms with E-state index in [1.54, 1.807) is 0 Å². The molecule has 0 aromatic carbocycles. The summed E-state index contributed by atoms with van der Waals surface area (Å²) in [5.74, 6) is 0. The molecule has 0 aromatic rings. The van der Waals surface area contributed by atoms with Gasteiger partial charge in [-0.05, 0) is 39.0 Å². The highest BCUT2D eigenvalue weighted by Gasteiger charge is 2.03. The highest BCUT2D eigenvalue weighted by Crippen LogP contribution is 2.08. The average molecular weight is 222 g/mol. The normalized spacial score (nSPS) is 12.8. The summed E-state index contributed by atoms with van der Waals surface area (Å²) in [4.78, 5) is 2.41. The van der Waals surface area contributed by atoms with Crippen LogP contribution < -0.4 is 5.32 Å². The van der Waals surface area contributed by atoms with Gasteiger partial charge in [-0.15, -0.1) is 0 Å². The highest BCUT2D eigenvalue weighted by atomic mass is 15.1. The van der Waals surface area contributed by atoms with Crippen LogP contribution in [-0.2, 0) is 0 Å². The number of nitrogens with one attached hydrogen (secondary N) is 1. The van der Waals surface area contributed by atoms with Gasteiger partial charge >= 0.3 is 0 Å². The molecule has 0 rings (SSSR count). The van der Waals surface area contributed by atoms with Crippen molar-refractivity contribution >= 4 is 0 Å². The van der Waals surface area contributed by atoms with Gasteiger partial charge in [0.2, 0.25) is 0 Å². The van der Waals surface area contributed by atoms with Crippen molar-refractivity contribution in [3.05, 3.63) is 36.1 Å². The molecule has 1 N–H and O–H groups in total. The average Bonchev–Trinajstić information content (AvgIpc) is 2.24. The zero-order chi connectivity index (χ0) is 12.4. The maximum absolute atomic E-state index is 3.71. The monoisotopic (exact) mass is 222 g/mol. The third-order valence-corrected chi connectivity index (χ3v) is 2.44. The number of nitrogens with zero attached hydrogens (tertiary/aromatic N) is 1. The van der Waals surface area contributed by atoms with Crippen molar-refractivity contribution in [3.63, 3.8) is 0 Å². The van der Waals surface area contributed by atoms with Crippen LogP contribution in [0.2, 0.25) is 0 Å². The summed E-state index contributed by atoms with van der Waals surface area (Å²) in [5, 5.41) is 3.19. The molecule has 0 fully saturated rings. The van der Waals surface area contributed by atoms with Crippen molar-refractivity contribution < 1.29 is 0 Å². The quantitative estimate of drug-likeness (QED) is 0.635. The van der Waals surface area contributed by atoms with Crippen LogP contribution in [0.4, 0.5) is 0 Å². The van der Waals surface area contributed by atoms with Crippen LogP contribution >= 0.6 is 0 Å². The Kier molecular flexibility index (Phi) is 8.64. The number of hydrogen-bond acceptors (Lipinski definition) is 2. The third-order valence-electron chi connectivity index (χ3n) is 2.44. The van der Waals surface area contributed by atoms with E-state index in [1.807, 2.05) is 19.2 Å². The first-order chi connectivity index (χ1) is 7.65. The van der Waals surface area contributed by atoms with Gasteiger partial charge in [0.15, 0.2) is 0 Å². The van der Waals surface area contributed by atoms with Crippen LogP contribution in [0, 0.1) is 0 Å². The van der Waals surface area contributed by atoms with E-state index in [1.165, 1.54) is 17.7 Å². The molecule has 0 saturated carbocycles. The number of rotatable bonds is 8. The van der Waals surface area contributed by atoms with Crippen molar-refractivity contribution in [3.8, 4) is 0 Å². The molecule has 2 nitrogen and oxygen atoms in total. The Morgan fingerprint density at radius 2 is 2.00 bits per heavy atom. The van der Waals surface area contributed by atoms with E-state index in [2.05, 4.69) is 43.6 Å². The minimum atomic E-state index is 1.02. The van der Waals surface area contributed by atoms with E-state index >= 15 is 0 Å². The zero-order valence-corrected chi connectivity index (χ0v) is 11.2. The van der Waals surface area contributed by atoms with Crippen LogP contribution in [0.5, 0.6) is 0 Å². The Hall–Kier alpha value is -1.02. The first kappa shape index (κ1) is 15.0. The van der Waals surface area contributed by atoms with Gasteiger partial charge in [-0.25, -0.2) is 0 Å². The molecule has 0 aliphatic heterocycles. The Balaban J connectivity index is 4.51. The smallest absolute Gasteiger partial charge is 0.0300 e. The van der Waals surface area contributed by atoms with Gasteiger partial charge < -0.3 is 10.2 Å². The molecule has 0 radical (unpaired) electrons.